The summed E-state index contributed by atoms with van der Waals surface area (Å²) in [5, 5.41) is 10.1. The molecule has 0 saturated carbocycles. The summed E-state index contributed by atoms with van der Waals surface area (Å²) in [5.74, 6) is -1.32. The van der Waals surface area contributed by atoms with Gasteiger partial charge in [-0.2, -0.15) is 0 Å². The number of Topliss-reactive ketones (excluding diaryl/α,β-unsaturated/α-hetero) is 1. The fourth-order valence-corrected chi connectivity index (χ4v) is 2.82. The minimum atomic E-state index is -1.08. The van der Waals surface area contributed by atoms with Crippen molar-refractivity contribution < 1.29 is 14.7 Å². The number of ketones is 1. The Balaban J connectivity index is 2.30. The molecule has 0 spiro atoms. The summed E-state index contributed by atoms with van der Waals surface area (Å²) in [6.07, 6.45) is 0. The van der Waals surface area contributed by atoms with Crippen LogP contribution in [0.5, 0.6) is 0 Å². The summed E-state index contributed by atoms with van der Waals surface area (Å²) in [6, 6.07) is 16.9. The number of hydrogen-bond donors (Lipinski definition) is 1. The molecule has 0 fully saturated rings. The number of benzene rings is 2. The maximum atomic E-state index is 12.1. The highest BCUT2D eigenvalue weighted by molar-refractivity contribution is 6.13. The first-order valence-electron chi connectivity index (χ1n) is 6.99. The zero-order valence-corrected chi connectivity index (χ0v) is 12.1. The van der Waals surface area contributed by atoms with Gasteiger partial charge >= 0.3 is 5.97 Å². The fraction of sp³-hybridized carbons (Fsp3) is 0.111. The van der Waals surface area contributed by atoms with Crippen molar-refractivity contribution >= 4 is 22.7 Å². The van der Waals surface area contributed by atoms with Crippen molar-refractivity contribution in [2.75, 3.05) is 0 Å². The van der Waals surface area contributed by atoms with Gasteiger partial charge in [0.2, 0.25) is 0 Å². The van der Waals surface area contributed by atoms with Crippen molar-refractivity contribution in [3.05, 3.63) is 71.4 Å². The summed E-state index contributed by atoms with van der Waals surface area (Å²) in [7, 11) is 0. The van der Waals surface area contributed by atoms with E-state index in [4.69, 9.17) is 0 Å². The average molecular weight is 293 g/mol. The van der Waals surface area contributed by atoms with Crippen LogP contribution < -0.4 is 0 Å². The van der Waals surface area contributed by atoms with E-state index in [-0.39, 0.29) is 17.0 Å². The Kier molecular flexibility index (Phi) is 3.51. The number of carboxylic acids is 1. The molecule has 2 aromatic carbocycles. The lowest BCUT2D eigenvalue weighted by molar-refractivity contribution is 0.0694. The normalized spacial score (nSPS) is 10.8. The number of para-hydroxylation sites is 1. The van der Waals surface area contributed by atoms with Crippen LogP contribution in [0.3, 0.4) is 0 Å². The van der Waals surface area contributed by atoms with Gasteiger partial charge in [-0.3, -0.25) is 4.79 Å². The van der Waals surface area contributed by atoms with Gasteiger partial charge in [-0.25, -0.2) is 4.79 Å². The Morgan fingerprint density at radius 3 is 2.27 bits per heavy atom. The van der Waals surface area contributed by atoms with Gasteiger partial charge in [0.25, 0.3) is 0 Å². The predicted molar refractivity (Wildman–Crippen MR) is 84.4 cm³/mol. The first kappa shape index (κ1) is 14.1. The molecule has 0 bridgehead atoms. The highest BCUT2D eigenvalue weighted by Gasteiger charge is 2.24. The summed E-state index contributed by atoms with van der Waals surface area (Å²) in [4.78, 5) is 23.7. The molecule has 0 saturated heterocycles. The molecule has 0 aliphatic carbocycles. The molecule has 0 amide bonds. The van der Waals surface area contributed by atoms with Crippen molar-refractivity contribution in [1.82, 2.24) is 4.57 Å². The third kappa shape index (κ3) is 2.29. The van der Waals surface area contributed by atoms with Gasteiger partial charge in [0.1, 0.15) is 5.69 Å². The maximum absolute atomic E-state index is 12.1. The van der Waals surface area contributed by atoms with Crippen molar-refractivity contribution in [3.8, 4) is 0 Å². The molecule has 4 heteroatoms. The number of rotatable bonds is 4. The third-order valence-electron chi connectivity index (χ3n) is 3.70. The van der Waals surface area contributed by atoms with Crippen LogP contribution in [0.25, 0.3) is 10.9 Å². The van der Waals surface area contributed by atoms with E-state index in [9.17, 15) is 14.7 Å². The van der Waals surface area contributed by atoms with Crippen LogP contribution in [0, 0.1) is 0 Å². The lowest BCUT2D eigenvalue weighted by Crippen LogP contribution is -2.12. The zero-order chi connectivity index (χ0) is 15.7. The maximum Gasteiger partial charge on any atom is 0.338 e. The Hall–Kier alpha value is -2.88. The highest BCUT2D eigenvalue weighted by Crippen LogP contribution is 2.27. The van der Waals surface area contributed by atoms with Crippen LogP contribution in [-0.2, 0) is 6.54 Å². The molecule has 0 unspecified atom stereocenters. The molecule has 0 aliphatic heterocycles. The molecule has 0 aliphatic rings. The number of carboxylic acid groups (broad SMARTS) is 1. The minimum absolute atomic E-state index is 0.0824. The van der Waals surface area contributed by atoms with E-state index in [0.717, 1.165) is 11.1 Å². The van der Waals surface area contributed by atoms with Crippen molar-refractivity contribution in [2.45, 2.75) is 13.5 Å². The summed E-state index contributed by atoms with van der Waals surface area (Å²) in [6.45, 7) is 1.87. The third-order valence-corrected chi connectivity index (χ3v) is 3.70. The van der Waals surface area contributed by atoms with Crippen molar-refractivity contribution in [3.63, 3.8) is 0 Å². The molecule has 1 N–H and O–H groups in total. The van der Waals surface area contributed by atoms with Gasteiger partial charge in [-0.05, 0) is 11.6 Å². The van der Waals surface area contributed by atoms with E-state index >= 15 is 0 Å². The molecule has 3 aromatic rings. The average Bonchev–Trinajstić information content (AvgIpc) is 2.83. The van der Waals surface area contributed by atoms with Crippen molar-refractivity contribution in [1.29, 1.82) is 0 Å². The van der Waals surface area contributed by atoms with Crippen LogP contribution in [0.1, 0.15) is 33.3 Å². The van der Waals surface area contributed by atoms with Crippen LogP contribution >= 0.6 is 0 Å². The topological polar surface area (TPSA) is 59.3 Å². The number of nitrogens with zero attached hydrogens (tertiary/aromatic N) is 1. The minimum Gasteiger partial charge on any atom is -0.478 e. The molecule has 110 valence electrons. The lowest BCUT2D eigenvalue weighted by Gasteiger charge is -2.09. The van der Waals surface area contributed by atoms with E-state index in [2.05, 4.69) is 0 Å². The van der Waals surface area contributed by atoms with E-state index in [0.29, 0.717) is 11.9 Å². The molecular formula is C18H15NO3. The van der Waals surface area contributed by atoms with Crippen LogP contribution in [0.15, 0.2) is 54.6 Å². The summed E-state index contributed by atoms with van der Waals surface area (Å²) >= 11 is 0. The Labute approximate surface area is 127 Å². The van der Waals surface area contributed by atoms with Gasteiger partial charge in [0.05, 0.1) is 5.56 Å². The van der Waals surface area contributed by atoms with E-state index in [1.807, 2.05) is 42.5 Å². The molecule has 0 radical (unpaired) electrons. The zero-order valence-electron chi connectivity index (χ0n) is 12.1. The Bertz CT molecular complexity index is 863. The SMILES string of the molecule is CC(=O)c1c(C(=O)O)c2ccccc2n1Cc1ccccc1. The molecular weight excluding hydrogens is 278 g/mol. The molecule has 1 heterocycles. The number of aromatic nitrogens is 1. The second-order valence-corrected chi connectivity index (χ2v) is 5.17. The molecule has 3 rings (SSSR count). The Morgan fingerprint density at radius 2 is 1.64 bits per heavy atom. The second-order valence-electron chi connectivity index (χ2n) is 5.17. The standard InChI is InChI=1S/C18H15NO3/c1-12(20)17-16(18(21)22)14-9-5-6-10-15(14)19(17)11-13-7-3-2-4-8-13/h2-10H,11H2,1H3,(H,21,22). The van der Waals surface area contributed by atoms with Gasteiger partial charge < -0.3 is 9.67 Å². The first-order chi connectivity index (χ1) is 10.6. The van der Waals surface area contributed by atoms with Crippen LogP contribution in [0.4, 0.5) is 0 Å². The van der Waals surface area contributed by atoms with Crippen LogP contribution in [-0.4, -0.2) is 21.4 Å². The van der Waals surface area contributed by atoms with E-state index < -0.39 is 5.97 Å². The number of carbonyl (C=O) groups is 2. The monoisotopic (exact) mass is 293 g/mol. The number of hydrogen-bond acceptors (Lipinski definition) is 2. The quantitative estimate of drug-likeness (QED) is 0.748. The molecule has 0 atom stereocenters. The second kappa shape index (κ2) is 5.48. The number of carbonyl (C=O) groups excluding carboxylic acids is 1. The van der Waals surface area contributed by atoms with Crippen LogP contribution in [0.2, 0.25) is 0 Å². The number of fused-ring (bicyclic) bond motifs is 1. The Morgan fingerprint density at radius 1 is 1.00 bits per heavy atom. The first-order valence-corrected chi connectivity index (χ1v) is 6.99. The predicted octanol–water partition coefficient (Wildman–Crippen LogP) is 3.59. The largest absolute Gasteiger partial charge is 0.478 e. The summed E-state index contributed by atoms with van der Waals surface area (Å²) in [5.41, 5.74) is 2.10. The van der Waals surface area contributed by atoms with Crippen molar-refractivity contribution in [2.24, 2.45) is 0 Å². The van der Waals surface area contributed by atoms with Gasteiger partial charge in [0.15, 0.2) is 5.78 Å². The highest BCUT2D eigenvalue weighted by atomic mass is 16.4. The molecule has 4 nitrogen and oxygen atoms in total. The molecule has 22 heavy (non-hydrogen) atoms. The molecule has 1 aromatic heterocycles. The lowest BCUT2D eigenvalue weighted by atomic mass is 10.1. The fourth-order valence-electron chi connectivity index (χ4n) is 2.82. The van der Waals surface area contributed by atoms with Gasteiger partial charge in [-0.1, -0.05) is 48.5 Å². The van der Waals surface area contributed by atoms with Gasteiger partial charge in [0, 0.05) is 24.4 Å². The van der Waals surface area contributed by atoms with E-state index in [1.165, 1.54) is 6.92 Å². The van der Waals surface area contributed by atoms with Gasteiger partial charge in [-0.15, -0.1) is 0 Å². The number of aromatic carboxylic acids is 1. The smallest absolute Gasteiger partial charge is 0.338 e. The summed E-state index contributed by atoms with van der Waals surface area (Å²) < 4.78 is 1.79. The van der Waals surface area contributed by atoms with E-state index in [1.54, 1.807) is 16.7 Å².